The fraction of sp³-hybridized carbons (Fsp3) is 1.00. The second-order valence-corrected chi connectivity index (χ2v) is 2.66. The molecule has 0 rings (SSSR count). The molecule has 0 spiro atoms. The molecule has 0 aromatic carbocycles. The van der Waals surface area contributed by atoms with Crippen LogP contribution in [0.4, 0.5) is 0 Å². The molecule has 8 nitrogen and oxygen atoms in total. The molecule has 0 bridgehead atoms. The Hall–Kier alpha value is 0.0600. The van der Waals surface area contributed by atoms with Crippen LogP contribution in [0, 0.1) is 0 Å². The molecule has 0 radical (unpaired) electrons. The Morgan fingerprint density at radius 1 is 0.917 bits per heavy atom. The number of aliphatic hydroxyl groups is 2. The van der Waals surface area contributed by atoms with Crippen molar-refractivity contribution in [1.82, 2.24) is 0 Å². The van der Waals surface area contributed by atoms with E-state index in [2.05, 4.69) is 8.37 Å². The second kappa shape index (κ2) is 5.66. The third-order valence-corrected chi connectivity index (χ3v) is 1.33. The van der Waals surface area contributed by atoms with Crippen molar-refractivity contribution in [1.29, 1.82) is 0 Å². The second-order valence-electron chi connectivity index (χ2n) is 1.41. The maximum Gasteiger partial charge on any atom is 0.304 e. The predicted octanol–water partition coefficient (Wildman–Crippen LogP) is -2.07. The maximum absolute atomic E-state index is 9.82. The molecule has 0 amide bonds. The van der Waals surface area contributed by atoms with Gasteiger partial charge in [0.2, 0.25) is 12.6 Å². The van der Waals surface area contributed by atoms with Gasteiger partial charge in [-0.1, -0.05) is 0 Å². The van der Waals surface area contributed by atoms with Gasteiger partial charge in [0, 0.05) is 0 Å². The lowest BCUT2D eigenvalue weighted by Gasteiger charge is -2.12. The molecule has 0 saturated carbocycles. The van der Waals surface area contributed by atoms with Crippen LogP contribution >= 0.6 is 0 Å². The first-order chi connectivity index (χ1) is 5.43. The monoisotopic (exact) mass is 222 g/mol. The van der Waals surface area contributed by atoms with Gasteiger partial charge >= 0.3 is 22.7 Å². The number of hydrogen-bond acceptors (Lipinski definition) is 6. The minimum Gasteiger partial charge on any atom is -0.363 e. The Balaban J connectivity index is 3.83. The zero-order valence-electron chi connectivity index (χ0n) is 5.39. The van der Waals surface area contributed by atoms with Crippen molar-refractivity contribution in [3.8, 4) is 0 Å². The van der Waals surface area contributed by atoms with Gasteiger partial charge in [-0.3, -0.25) is 9.11 Å². The van der Waals surface area contributed by atoms with Gasteiger partial charge in [0.15, 0.2) is 0 Å². The van der Waals surface area contributed by atoms with Crippen LogP contribution in [0.15, 0.2) is 0 Å². The van der Waals surface area contributed by atoms with E-state index >= 15 is 0 Å². The predicted molar refractivity (Wildman–Crippen MR) is 35.7 cm³/mol. The van der Waals surface area contributed by atoms with Gasteiger partial charge in [-0.25, -0.2) is 8.37 Å². The molecule has 0 saturated heterocycles. The molecule has 4 atom stereocenters. The lowest BCUT2D eigenvalue weighted by molar-refractivity contribution is -0.177. The number of aliphatic hydroxyl groups excluding tert-OH is 2. The van der Waals surface area contributed by atoms with Crippen LogP contribution in [0.1, 0.15) is 0 Å². The van der Waals surface area contributed by atoms with Crippen LogP contribution in [-0.2, 0) is 31.1 Å². The summed E-state index contributed by atoms with van der Waals surface area (Å²) < 4.78 is 43.0. The summed E-state index contributed by atoms with van der Waals surface area (Å²) in [6, 6.07) is 0. The zero-order valence-corrected chi connectivity index (χ0v) is 7.03. The Labute approximate surface area is 72.1 Å². The molecular formula is C2H6O8S2. The third-order valence-electron chi connectivity index (χ3n) is 0.606. The van der Waals surface area contributed by atoms with E-state index in [4.69, 9.17) is 19.3 Å². The first-order valence-corrected chi connectivity index (χ1v) is 4.42. The normalized spacial score (nSPS) is 21.3. The van der Waals surface area contributed by atoms with Crippen molar-refractivity contribution < 1.29 is 36.1 Å². The van der Waals surface area contributed by atoms with E-state index in [9.17, 15) is 8.42 Å². The molecule has 0 aromatic rings. The maximum atomic E-state index is 9.82. The number of hydrogen-bond donors (Lipinski definition) is 4. The minimum atomic E-state index is -2.80. The van der Waals surface area contributed by atoms with E-state index in [1.165, 1.54) is 0 Å². The highest BCUT2D eigenvalue weighted by atomic mass is 32.2. The summed E-state index contributed by atoms with van der Waals surface area (Å²) in [7, 11) is 0. The van der Waals surface area contributed by atoms with E-state index in [0.717, 1.165) is 0 Å². The van der Waals surface area contributed by atoms with Crippen LogP contribution in [-0.4, -0.2) is 40.3 Å². The minimum absolute atomic E-state index is 2.17. The van der Waals surface area contributed by atoms with E-state index in [0.29, 0.717) is 0 Å². The highest BCUT2D eigenvalue weighted by Gasteiger charge is 2.22. The van der Waals surface area contributed by atoms with Crippen molar-refractivity contribution in [3.05, 3.63) is 0 Å². The van der Waals surface area contributed by atoms with Gasteiger partial charge in [-0.2, -0.15) is 8.42 Å². The Morgan fingerprint density at radius 3 is 1.33 bits per heavy atom. The smallest absolute Gasteiger partial charge is 0.304 e. The van der Waals surface area contributed by atoms with Gasteiger partial charge in [0.25, 0.3) is 0 Å². The molecule has 0 aliphatic heterocycles. The fourth-order valence-corrected chi connectivity index (χ4v) is 0.791. The average molecular weight is 222 g/mol. The molecule has 0 aliphatic rings. The van der Waals surface area contributed by atoms with Gasteiger partial charge in [-0.05, 0) is 0 Å². The van der Waals surface area contributed by atoms with Gasteiger partial charge in [0.05, 0.1) is 0 Å². The van der Waals surface area contributed by atoms with Crippen LogP contribution in [0.2, 0.25) is 0 Å². The van der Waals surface area contributed by atoms with E-state index in [1.54, 1.807) is 0 Å². The summed E-state index contributed by atoms with van der Waals surface area (Å²) in [5.74, 6) is 0. The van der Waals surface area contributed by atoms with Gasteiger partial charge in [0.1, 0.15) is 0 Å². The highest BCUT2D eigenvalue weighted by Crippen LogP contribution is 2.00. The molecule has 4 N–H and O–H groups in total. The molecule has 10 heteroatoms. The molecule has 2 unspecified atom stereocenters. The Kier molecular flexibility index (Phi) is 5.69. The lowest BCUT2D eigenvalue weighted by Crippen LogP contribution is -2.32. The van der Waals surface area contributed by atoms with E-state index in [-0.39, 0.29) is 0 Å². The van der Waals surface area contributed by atoms with Crippen LogP contribution in [0.3, 0.4) is 0 Å². The molecule has 12 heavy (non-hydrogen) atoms. The summed E-state index contributed by atoms with van der Waals surface area (Å²) >= 11 is -5.60. The summed E-state index contributed by atoms with van der Waals surface area (Å²) in [5.41, 5.74) is 0. The van der Waals surface area contributed by atoms with Crippen LogP contribution < -0.4 is 0 Å². The zero-order chi connectivity index (χ0) is 9.72. The molecule has 0 fully saturated rings. The Bertz CT molecular complexity index is 160. The Morgan fingerprint density at radius 2 is 1.17 bits per heavy atom. The van der Waals surface area contributed by atoms with Crippen LogP contribution in [0.25, 0.3) is 0 Å². The largest absolute Gasteiger partial charge is 0.363 e. The van der Waals surface area contributed by atoms with Crippen molar-refractivity contribution in [2.24, 2.45) is 0 Å². The summed E-state index contributed by atoms with van der Waals surface area (Å²) in [5, 5.41) is 17.1. The topological polar surface area (TPSA) is 134 Å². The molecule has 74 valence electrons. The van der Waals surface area contributed by atoms with Gasteiger partial charge in [-0.15, -0.1) is 0 Å². The molecular weight excluding hydrogens is 216 g/mol. The summed E-state index contributed by atoms with van der Waals surface area (Å²) in [6.45, 7) is 0. The fourth-order valence-electron chi connectivity index (χ4n) is 0.264. The summed E-state index contributed by atoms with van der Waals surface area (Å²) in [6.07, 6.45) is -4.35. The van der Waals surface area contributed by atoms with Crippen LogP contribution in [0.5, 0.6) is 0 Å². The van der Waals surface area contributed by atoms with Gasteiger partial charge < -0.3 is 10.2 Å². The van der Waals surface area contributed by atoms with Crippen molar-refractivity contribution >= 4 is 22.7 Å². The SMILES string of the molecule is O=S(O)O[C@@H](O)[C@H](O)OS(=O)O. The average Bonchev–Trinajstić information content (AvgIpc) is 1.84. The standard InChI is InChI=1S/C2H6O8S2/c3-1(9-11(5)6)2(4)10-12(7)8/h1-4H,(H,5,6)(H,7,8)/t1-,2-/m1/s1. The quantitative estimate of drug-likeness (QED) is 0.308. The lowest BCUT2D eigenvalue weighted by atomic mass is 10.6. The number of rotatable bonds is 5. The highest BCUT2D eigenvalue weighted by molar-refractivity contribution is 7.74. The third kappa shape index (κ3) is 5.68. The molecule has 0 aromatic heterocycles. The summed E-state index contributed by atoms with van der Waals surface area (Å²) in [4.78, 5) is 0. The van der Waals surface area contributed by atoms with Crippen molar-refractivity contribution in [2.75, 3.05) is 0 Å². The van der Waals surface area contributed by atoms with E-state index in [1.807, 2.05) is 0 Å². The van der Waals surface area contributed by atoms with E-state index < -0.39 is 35.3 Å². The molecule has 0 heterocycles. The molecule has 0 aliphatic carbocycles. The van der Waals surface area contributed by atoms with Crippen molar-refractivity contribution in [3.63, 3.8) is 0 Å². The first kappa shape index (κ1) is 12.1. The first-order valence-electron chi connectivity index (χ1n) is 2.35. The van der Waals surface area contributed by atoms with Crippen molar-refractivity contribution in [2.45, 2.75) is 12.6 Å².